The number of carbonyl (C=O) groups is 1. The number of carbonyl (C=O) groups excluding carboxylic acids is 1. The summed E-state index contributed by atoms with van der Waals surface area (Å²) in [4.78, 5) is 25.1. The van der Waals surface area contributed by atoms with Crippen molar-refractivity contribution in [2.24, 2.45) is 0 Å². The van der Waals surface area contributed by atoms with Gasteiger partial charge in [-0.1, -0.05) is 36.4 Å². The van der Waals surface area contributed by atoms with Gasteiger partial charge in [-0.3, -0.25) is 18.9 Å². The summed E-state index contributed by atoms with van der Waals surface area (Å²) in [5.74, 6) is -0.488. The van der Waals surface area contributed by atoms with Gasteiger partial charge in [-0.15, -0.1) is 0 Å². The number of ether oxygens (including phenoxy) is 1. The topological polar surface area (TPSA) is 85.7 Å². The van der Waals surface area contributed by atoms with Gasteiger partial charge in [0.15, 0.2) is 0 Å². The van der Waals surface area contributed by atoms with E-state index in [1.807, 2.05) is 6.07 Å². The standard InChI is InChI=1S/C16H18NO5P/c1-13(18)21-11-16(15-8-5-9-17-10-15)22-23(19,20)12-14-6-3-2-4-7-14/h2-10,16H,11-12H2,1H3,(H,19,20). The van der Waals surface area contributed by atoms with Gasteiger partial charge in [0.05, 0.1) is 6.16 Å². The maximum absolute atomic E-state index is 12.4. The predicted octanol–water partition coefficient (Wildman–Crippen LogP) is 3.09. The van der Waals surface area contributed by atoms with Crippen molar-refractivity contribution in [1.29, 1.82) is 0 Å². The summed E-state index contributed by atoms with van der Waals surface area (Å²) in [5, 5.41) is 0. The van der Waals surface area contributed by atoms with Crippen molar-refractivity contribution in [3.8, 4) is 0 Å². The van der Waals surface area contributed by atoms with Crippen molar-refractivity contribution in [3.63, 3.8) is 0 Å². The lowest BCUT2D eigenvalue weighted by Crippen LogP contribution is -2.14. The third kappa shape index (κ3) is 5.94. The highest BCUT2D eigenvalue weighted by Crippen LogP contribution is 2.49. The molecule has 0 aliphatic rings. The molecule has 2 unspecified atom stereocenters. The van der Waals surface area contributed by atoms with E-state index in [4.69, 9.17) is 9.26 Å². The highest BCUT2D eigenvalue weighted by atomic mass is 31.2. The van der Waals surface area contributed by atoms with Crippen LogP contribution in [-0.4, -0.2) is 22.5 Å². The summed E-state index contributed by atoms with van der Waals surface area (Å²) in [6, 6.07) is 12.3. The summed E-state index contributed by atoms with van der Waals surface area (Å²) in [6.45, 7) is 1.11. The molecule has 0 spiro atoms. The molecular weight excluding hydrogens is 317 g/mol. The largest absolute Gasteiger partial charge is 0.463 e. The minimum absolute atomic E-state index is 0.120. The molecule has 6 nitrogen and oxygen atoms in total. The van der Waals surface area contributed by atoms with Crippen LogP contribution in [0.25, 0.3) is 0 Å². The number of esters is 1. The first kappa shape index (κ1) is 17.3. The van der Waals surface area contributed by atoms with Crippen LogP contribution < -0.4 is 0 Å². The van der Waals surface area contributed by atoms with Gasteiger partial charge in [0.1, 0.15) is 12.7 Å². The van der Waals surface area contributed by atoms with E-state index in [9.17, 15) is 14.3 Å². The fraction of sp³-hybridized carbons (Fsp3) is 0.250. The number of aromatic nitrogens is 1. The van der Waals surface area contributed by atoms with Crippen molar-refractivity contribution >= 4 is 13.6 Å². The van der Waals surface area contributed by atoms with E-state index < -0.39 is 19.7 Å². The van der Waals surface area contributed by atoms with Crippen LogP contribution in [0, 0.1) is 0 Å². The molecule has 1 aromatic heterocycles. The van der Waals surface area contributed by atoms with Crippen molar-refractivity contribution < 1.29 is 23.5 Å². The van der Waals surface area contributed by atoms with E-state index in [1.165, 1.54) is 13.1 Å². The molecule has 0 saturated carbocycles. The molecule has 2 aromatic rings. The second kappa shape index (κ2) is 8.02. The molecule has 0 bridgehead atoms. The van der Waals surface area contributed by atoms with Crippen LogP contribution in [0.2, 0.25) is 0 Å². The number of pyridine rings is 1. The quantitative estimate of drug-likeness (QED) is 0.618. The Balaban J connectivity index is 2.12. The molecular formula is C16H18NO5P. The smallest absolute Gasteiger partial charge is 0.333 e. The zero-order chi connectivity index (χ0) is 16.7. The summed E-state index contributed by atoms with van der Waals surface area (Å²) in [7, 11) is -3.92. The Morgan fingerprint density at radius 3 is 2.61 bits per heavy atom. The predicted molar refractivity (Wildman–Crippen MR) is 84.7 cm³/mol. The van der Waals surface area contributed by atoms with Gasteiger partial charge in [-0.25, -0.2) is 0 Å². The highest BCUT2D eigenvalue weighted by Gasteiger charge is 2.27. The van der Waals surface area contributed by atoms with E-state index in [2.05, 4.69) is 4.98 Å². The number of hydrogen-bond donors (Lipinski definition) is 1. The molecule has 1 heterocycles. The zero-order valence-corrected chi connectivity index (χ0v) is 13.6. The molecule has 0 fully saturated rings. The second-order valence-corrected chi connectivity index (χ2v) is 6.77. The maximum atomic E-state index is 12.4. The van der Waals surface area contributed by atoms with Gasteiger partial charge in [-0.2, -0.15) is 0 Å². The Kier molecular flexibility index (Phi) is 6.04. The van der Waals surface area contributed by atoms with Crippen molar-refractivity contribution in [2.75, 3.05) is 6.61 Å². The van der Waals surface area contributed by atoms with Crippen LogP contribution in [0.3, 0.4) is 0 Å². The minimum Gasteiger partial charge on any atom is -0.463 e. The van der Waals surface area contributed by atoms with E-state index in [-0.39, 0.29) is 12.8 Å². The van der Waals surface area contributed by atoms with Gasteiger partial charge in [0.25, 0.3) is 0 Å². The van der Waals surface area contributed by atoms with Crippen molar-refractivity contribution in [3.05, 3.63) is 66.0 Å². The molecule has 0 aliphatic heterocycles. The fourth-order valence-corrected chi connectivity index (χ4v) is 3.32. The normalized spacial score (nSPS) is 14.7. The summed E-state index contributed by atoms with van der Waals surface area (Å²) in [6.07, 6.45) is 2.11. The van der Waals surface area contributed by atoms with Crippen LogP contribution in [0.1, 0.15) is 24.2 Å². The first-order chi connectivity index (χ1) is 11.0. The first-order valence-electron chi connectivity index (χ1n) is 7.04. The van der Waals surface area contributed by atoms with Crippen molar-refractivity contribution in [1.82, 2.24) is 4.98 Å². The van der Waals surface area contributed by atoms with Crippen LogP contribution in [-0.2, 0) is 24.8 Å². The number of benzene rings is 1. The van der Waals surface area contributed by atoms with Gasteiger partial charge in [-0.05, 0) is 11.6 Å². The molecule has 0 radical (unpaired) electrons. The lowest BCUT2D eigenvalue weighted by molar-refractivity contribution is -0.143. The van der Waals surface area contributed by atoms with E-state index in [1.54, 1.807) is 42.6 Å². The number of rotatable bonds is 7. The molecule has 23 heavy (non-hydrogen) atoms. The summed E-state index contributed by atoms with van der Waals surface area (Å²) in [5.41, 5.74) is 1.26. The summed E-state index contributed by atoms with van der Waals surface area (Å²) < 4.78 is 22.7. The molecule has 2 rings (SSSR count). The lowest BCUT2D eigenvalue weighted by atomic mass is 10.2. The average Bonchev–Trinajstić information content (AvgIpc) is 2.52. The molecule has 2 atom stereocenters. The van der Waals surface area contributed by atoms with E-state index in [0.29, 0.717) is 11.1 Å². The van der Waals surface area contributed by atoms with Crippen molar-refractivity contribution in [2.45, 2.75) is 19.2 Å². The fourth-order valence-electron chi connectivity index (χ4n) is 2.00. The molecule has 0 saturated heterocycles. The zero-order valence-electron chi connectivity index (χ0n) is 12.7. The van der Waals surface area contributed by atoms with Gasteiger partial charge in [0.2, 0.25) is 0 Å². The number of nitrogens with zero attached hydrogens (tertiary/aromatic N) is 1. The maximum Gasteiger partial charge on any atom is 0.333 e. The third-order valence-electron chi connectivity index (χ3n) is 3.01. The summed E-state index contributed by atoms with van der Waals surface area (Å²) >= 11 is 0. The highest BCUT2D eigenvalue weighted by molar-refractivity contribution is 7.51. The van der Waals surface area contributed by atoms with Crippen LogP contribution in [0.5, 0.6) is 0 Å². The lowest BCUT2D eigenvalue weighted by Gasteiger charge is -2.21. The van der Waals surface area contributed by atoms with E-state index in [0.717, 1.165) is 0 Å². The van der Waals surface area contributed by atoms with Crippen LogP contribution in [0.15, 0.2) is 54.9 Å². The molecule has 0 amide bonds. The SMILES string of the molecule is CC(=O)OCC(OP(=O)(O)Cc1ccccc1)c1cccnc1. The average molecular weight is 335 g/mol. The minimum atomic E-state index is -3.92. The molecule has 122 valence electrons. The Labute approximate surface area is 134 Å². The Morgan fingerprint density at radius 2 is 2.00 bits per heavy atom. The van der Waals surface area contributed by atoms with Crippen LogP contribution >= 0.6 is 7.60 Å². The second-order valence-electron chi connectivity index (χ2n) is 4.96. The molecule has 1 aromatic carbocycles. The molecule has 1 N–H and O–H groups in total. The third-order valence-corrected chi connectivity index (χ3v) is 4.36. The Hall–Kier alpha value is -2.01. The Bertz CT molecular complexity index is 677. The number of hydrogen-bond acceptors (Lipinski definition) is 5. The Morgan fingerprint density at radius 1 is 1.26 bits per heavy atom. The van der Waals surface area contributed by atoms with Gasteiger partial charge in [0, 0.05) is 24.9 Å². The first-order valence-corrected chi connectivity index (χ1v) is 8.80. The van der Waals surface area contributed by atoms with Crippen LogP contribution in [0.4, 0.5) is 0 Å². The molecule has 7 heteroatoms. The van der Waals surface area contributed by atoms with Gasteiger partial charge >= 0.3 is 13.6 Å². The monoisotopic (exact) mass is 335 g/mol. The molecule has 0 aliphatic carbocycles. The van der Waals surface area contributed by atoms with E-state index >= 15 is 0 Å². The van der Waals surface area contributed by atoms with Gasteiger partial charge < -0.3 is 9.63 Å².